The van der Waals surface area contributed by atoms with Gasteiger partial charge < -0.3 is 10.5 Å². The zero-order valence-electron chi connectivity index (χ0n) is 11.5. The zero-order valence-corrected chi connectivity index (χ0v) is 13.8. The van der Waals surface area contributed by atoms with Crippen molar-refractivity contribution < 1.29 is 4.74 Å². The van der Waals surface area contributed by atoms with Crippen LogP contribution in [0.3, 0.4) is 0 Å². The van der Waals surface area contributed by atoms with Crippen LogP contribution in [-0.2, 0) is 6.61 Å². The van der Waals surface area contributed by atoms with E-state index in [0.29, 0.717) is 11.6 Å². The molecule has 0 amide bonds. The van der Waals surface area contributed by atoms with E-state index in [0.717, 1.165) is 26.9 Å². The molecule has 2 N–H and O–H groups in total. The Kier molecular flexibility index (Phi) is 5.08. The number of ether oxygens (including phenoxy) is 1. The van der Waals surface area contributed by atoms with Crippen molar-refractivity contribution in [3.8, 4) is 5.75 Å². The van der Waals surface area contributed by atoms with E-state index in [1.54, 1.807) is 0 Å². The largest absolute Gasteiger partial charge is 0.489 e. The minimum absolute atomic E-state index is 0.0312. The average Bonchev–Trinajstić information content (AvgIpc) is 2.38. The first-order valence-corrected chi connectivity index (χ1v) is 7.57. The van der Waals surface area contributed by atoms with Crippen LogP contribution >= 0.6 is 27.5 Å². The molecule has 0 aliphatic rings. The third kappa shape index (κ3) is 3.75. The molecule has 0 aliphatic carbocycles. The highest BCUT2D eigenvalue weighted by Crippen LogP contribution is 2.25. The minimum Gasteiger partial charge on any atom is -0.489 e. The van der Waals surface area contributed by atoms with Gasteiger partial charge in [0.15, 0.2) is 0 Å². The van der Waals surface area contributed by atoms with Crippen LogP contribution in [0.2, 0.25) is 5.02 Å². The number of hydrogen-bond acceptors (Lipinski definition) is 2. The monoisotopic (exact) mass is 353 g/mol. The molecule has 0 heterocycles. The van der Waals surface area contributed by atoms with E-state index in [2.05, 4.69) is 22.0 Å². The predicted octanol–water partition coefficient (Wildman–Crippen LogP) is 5.01. The van der Waals surface area contributed by atoms with Gasteiger partial charge in [0.2, 0.25) is 0 Å². The number of aryl methyl sites for hydroxylation is 1. The molecule has 0 saturated carbocycles. The Bertz CT molecular complexity index is 613. The second-order valence-electron chi connectivity index (χ2n) is 4.84. The van der Waals surface area contributed by atoms with Crippen molar-refractivity contribution in [2.24, 2.45) is 5.73 Å². The van der Waals surface area contributed by atoms with Crippen molar-refractivity contribution in [3.63, 3.8) is 0 Å². The van der Waals surface area contributed by atoms with Crippen molar-refractivity contribution in [3.05, 3.63) is 62.6 Å². The molecule has 0 saturated heterocycles. The van der Waals surface area contributed by atoms with Crippen LogP contribution < -0.4 is 10.5 Å². The predicted molar refractivity (Wildman–Crippen MR) is 87.3 cm³/mol. The van der Waals surface area contributed by atoms with Crippen LogP contribution in [0, 0.1) is 6.92 Å². The van der Waals surface area contributed by atoms with Gasteiger partial charge in [0, 0.05) is 21.1 Å². The molecule has 0 aliphatic heterocycles. The van der Waals surface area contributed by atoms with E-state index < -0.39 is 0 Å². The lowest BCUT2D eigenvalue weighted by atomic mass is 10.1. The first kappa shape index (κ1) is 15.4. The van der Waals surface area contributed by atoms with Crippen molar-refractivity contribution in [2.45, 2.75) is 26.5 Å². The summed E-state index contributed by atoms with van der Waals surface area (Å²) in [5, 5.41) is 0.698. The topological polar surface area (TPSA) is 35.2 Å². The van der Waals surface area contributed by atoms with E-state index in [-0.39, 0.29) is 6.04 Å². The SMILES string of the molecule is Cc1cc(C(C)N)ccc1OCc1ccc(Br)cc1Cl. The molecule has 0 spiro atoms. The summed E-state index contributed by atoms with van der Waals surface area (Å²) in [6, 6.07) is 11.8. The lowest BCUT2D eigenvalue weighted by Crippen LogP contribution is -2.05. The molecule has 2 rings (SSSR count). The minimum atomic E-state index is 0.0312. The highest BCUT2D eigenvalue weighted by molar-refractivity contribution is 9.10. The average molecular weight is 355 g/mol. The van der Waals surface area contributed by atoms with Crippen LogP contribution in [0.1, 0.15) is 29.7 Å². The highest BCUT2D eigenvalue weighted by atomic mass is 79.9. The third-order valence-corrected chi connectivity index (χ3v) is 3.97. The number of benzene rings is 2. The molecule has 2 aromatic rings. The maximum absolute atomic E-state index is 6.18. The van der Waals surface area contributed by atoms with Crippen LogP contribution in [0.5, 0.6) is 5.75 Å². The third-order valence-electron chi connectivity index (χ3n) is 3.12. The Balaban J connectivity index is 2.11. The van der Waals surface area contributed by atoms with Gasteiger partial charge >= 0.3 is 0 Å². The number of hydrogen-bond donors (Lipinski definition) is 1. The fraction of sp³-hybridized carbons (Fsp3) is 0.250. The van der Waals surface area contributed by atoms with E-state index >= 15 is 0 Å². The van der Waals surface area contributed by atoms with Gasteiger partial charge in [0.25, 0.3) is 0 Å². The molecule has 0 fully saturated rings. The fourth-order valence-corrected chi connectivity index (χ4v) is 2.64. The standard InChI is InChI=1S/C16H17BrClNO/c1-10-7-12(11(2)19)4-6-16(10)20-9-13-3-5-14(17)8-15(13)18/h3-8,11H,9,19H2,1-2H3. The molecule has 0 radical (unpaired) electrons. The summed E-state index contributed by atoms with van der Waals surface area (Å²) in [4.78, 5) is 0. The molecular weight excluding hydrogens is 338 g/mol. The molecule has 1 unspecified atom stereocenters. The van der Waals surface area contributed by atoms with Crippen LogP contribution in [0.4, 0.5) is 0 Å². The molecule has 1 atom stereocenters. The van der Waals surface area contributed by atoms with Crippen molar-refractivity contribution in [1.29, 1.82) is 0 Å². The lowest BCUT2D eigenvalue weighted by molar-refractivity contribution is 0.304. The molecule has 20 heavy (non-hydrogen) atoms. The number of halogens is 2. The van der Waals surface area contributed by atoms with E-state index in [4.69, 9.17) is 22.1 Å². The quantitative estimate of drug-likeness (QED) is 0.837. The van der Waals surface area contributed by atoms with Crippen molar-refractivity contribution in [2.75, 3.05) is 0 Å². The van der Waals surface area contributed by atoms with Crippen LogP contribution in [0.25, 0.3) is 0 Å². The van der Waals surface area contributed by atoms with Gasteiger partial charge in [-0.15, -0.1) is 0 Å². The Labute approximate surface area is 133 Å². The van der Waals surface area contributed by atoms with Gasteiger partial charge in [-0.2, -0.15) is 0 Å². The Morgan fingerprint density at radius 2 is 2.00 bits per heavy atom. The number of nitrogens with two attached hydrogens (primary N) is 1. The summed E-state index contributed by atoms with van der Waals surface area (Å²) in [5.74, 6) is 0.855. The lowest BCUT2D eigenvalue weighted by Gasteiger charge is -2.13. The van der Waals surface area contributed by atoms with Gasteiger partial charge in [-0.05, 0) is 43.2 Å². The van der Waals surface area contributed by atoms with Gasteiger partial charge in [0.05, 0.1) is 0 Å². The summed E-state index contributed by atoms with van der Waals surface area (Å²) in [6.45, 7) is 4.44. The molecule has 106 valence electrons. The van der Waals surface area contributed by atoms with Gasteiger partial charge in [0.1, 0.15) is 12.4 Å². The van der Waals surface area contributed by atoms with Crippen molar-refractivity contribution in [1.82, 2.24) is 0 Å². The van der Waals surface area contributed by atoms with Gasteiger partial charge in [-0.1, -0.05) is 45.7 Å². The maximum Gasteiger partial charge on any atom is 0.122 e. The second-order valence-corrected chi connectivity index (χ2v) is 6.16. The smallest absolute Gasteiger partial charge is 0.122 e. The van der Waals surface area contributed by atoms with Crippen LogP contribution in [-0.4, -0.2) is 0 Å². The molecule has 4 heteroatoms. The van der Waals surface area contributed by atoms with Gasteiger partial charge in [-0.25, -0.2) is 0 Å². The maximum atomic E-state index is 6.18. The summed E-state index contributed by atoms with van der Waals surface area (Å²) < 4.78 is 6.80. The highest BCUT2D eigenvalue weighted by Gasteiger charge is 2.06. The van der Waals surface area contributed by atoms with Crippen molar-refractivity contribution >= 4 is 27.5 Å². The Morgan fingerprint density at radius 1 is 1.25 bits per heavy atom. The summed E-state index contributed by atoms with van der Waals surface area (Å²) >= 11 is 9.56. The van der Waals surface area contributed by atoms with Gasteiger partial charge in [-0.3, -0.25) is 0 Å². The molecule has 0 aromatic heterocycles. The summed E-state index contributed by atoms with van der Waals surface area (Å²) in [6.07, 6.45) is 0. The summed E-state index contributed by atoms with van der Waals surface area (Å²) in [7, 11) is 0. The van der Waals surface area contributed by atoms with E-state index in [9.17, 15) is 0 Å². The molecule has 2 nitrogen and oxygen atoms in total. The Morgan fingerprint density at radius 3 is 2.60 bits per heavy atom. The zero-order chi connectivity index (χ0) is 14.7. The second kappa shape index (κ2) is 6.61. The summed E-state index contributed by atoms with van der Waals surface area (Å²) in [5.41, 5.74) is 9.02. The Hall–Kier alpha value is -1.03. The molecule has 2 aromatic carbocycles. The van der Waals surface area contributed by atoms with E-state index in [1.165, 1.54) is 0 Å². The molecule has 0 bridgehead atoms. The molecular formula is C16H17BrClNO. The first-order chi connectivity index (χ1) is 9.47. The number of rotatable bonds is 4. The van der Waals surface area contributed by atoms with Crippen LogP contribution in [0.15, 0.2) is 40.9 Å². The fourth-order valence-electron chi connectivity index (χ4n) is 1.91. The first-order valence-electron chi connectivity index (χ1n) is 6.40. The normalized spacial score (nSPS) is 12.2. The van der Waals surface area contributed by atoms with E-state index in [1.807, 2.05) is 44.2 Å².